The lowest BCUT2D eigenvalue weighted by Crippen LogP contribution is -2.66. The van der Waals surface area contributed by atoms with Crippen LogP contribution in [-0.2, 0) is 29.5 Å². The lowest BCUT2D eigenvalue weighted by Gasteiger charge is -2.72. The fraction of sp³-hybridized carbons (Fsp3) is 0.760. The zero-order chi connectivity index (χ0) is 42.0. The van der Waals surface area contributed by atoms with Gasteiger partial charge in [0, 0.05) is 28.7 Å². The average Bonchev–Trinajstić information content (AvgIpc) is 3.71. The molecule has 0 radical (unpaired) electrons. The highest BCUT2D eigenvalue weighted by atomic mass is 35.5. The van der Waals surface area contributed by atoms with Crippen molar-refractivity contribution in [1.82, 2.24) is 5.32 Å². The first-order chi connectivity index (χ1) is 27.1. The molecule has 1 aromatic carbocycles. The summed E-state index contributed by atoms with van der Waals surface area (Å²) in [5.41, 5.74) is 1.96. The van der Waals surface area contributed by atoms with Gasteiger partial charge in [0.15, 0.2) is 5.78 Å². The summed E-state index contributed by atoms with van der Waals surface area (Å²) in [5.74, 6) is -0.347. The lowest BCUT2D eigenvalue weighted by molar-refractivity contribution is -0.236. The Morgan fingerprint density at radius 3 is 2.10 bits per heavy atom. The van der Waals surface area contributed by atoms with Gasteiger partial charge in [-0.2, -0.15) is 0 Å². The van der Waals surface area contributed by atoms with Crippen molar-refractivity contribution < 1.29 is 29.0 Å². The minimum Gasteiger partial charge on any atom is -0.481 e. The molecule has 2 N–H and O–H groups in total. The number of amides is 1. The van der Waals surface area contributed by atoms with E-state index < -0.39 is 28.3 Å². The second-order valence-electron chi connectivity index (χ2n) is 22.8. The maximum Gasteiger partial charge on any atom is 0.309 e. The molecule has 0 spiro atoms. The Morgan fingerprint density at radius 2 is 1.48 bits per heavy atom. The number of hydrogen-bond donors (Lipinski definition) is 2. The summed E-state index contributed by atoms with van der Waals surface area (Å²) in [4.78, 5) is 54.3. The molecule has 7 nitrogen and oxygen atoms in total. The highest BCUT2D eigenvalue weighted by Gasteiger charge is 2.70. The second kappa shape index (κ2) is 13.9. The Labute approximate surface area is 352 Å². The first-order valence-corrected chi connectivity index (χ1v) is 23.2. The molecular weight excluding hydrogens is 746 g/mol. The van der Waals surface area contributed by atoms with Gasteiger partial charge < -0.3 is 15.2 Å². The summed E-state index contributed by atoms with van der Waals surface area (Å²) < 4.78 is 6.44. The highest BCUT2D eigenvalue weighted by molar-refractivity contribution is 6.30. The number of allylic oxidation sites excluding steroid dienone is 2. The van der Waals surface area contributed by atoms with Crippen LogP contribution in [0.4, 0.5) is 0 Å². The van der Waals surface area contributed by atoms with Gasteiger partial charge >= 0.3 is 11.9 Å². The molecule has 1 aromatic rings. The van der Waals surface area contributed by atoms with Gasteiger partial charge in [0.05, 0.1) is 17.4 Å². The van der Waals surface area contributed by atoms with Crippen molar-refractivity contribution in [3.05, 3.63) is 46.0 Å². The molecule has 0 heterocycles. The Bertz CT molecular complexity index is 1910. The summed E-state index contributed by atoms with van der Waals surface area (Å²) in [6, 6.07) is 8.00. The highest BCUT2D eigenvalue weighted by Crippen LogP contribution is 2.77. The number of carbonyl (C=O) groups is 4. The van der Waals surface area contributed by atoms with Crippen LogP contribution in [0.25, 0.3) is 0 Å². The molecule has 8 rings (SSSR count). The zero-order valence-corrected chi connectivity index (χ0v) is 37.6. The van der Waals surface area contributed by atoms with Crippen molar-refractivity contribution >= 4 is 35.2 Å². The number of halogens is 1. The molecule has 0 aromatic heterocycles. The number of hydrogen-bond acceptors (Lipinski definition) is 5. The van der Waals surface area contributed by atoms with Crippen LogP contribution in [0.5, 0.6) is 0 Å². The predicted octanol–water partition coefficient (Wildman–Crippen LogP) is 11.3. The van der Waals surface area contributed by atoms with E-state index in [-0.39, 0.29) is 63.2 Å². The average molecular weight is 817 g/mol. The van der Waals surface area contributed by atoms with Gasteiger partial charge in [-0.25, -0.2) is 0 Å². The largest absolute Gasteiger partial charge is 0.481 e. The number of carboxylic acids is 1. The normalized spacial score (nSPS) is 40.8. The molecule has 0 bridgehead atoms. The number of ether oxygens (including phenoxy) is 1. The van der Waals surface area contributed by atoms with Gasteiger partial charge in [-0.15, -0.1) is 0 Å². The number of esters is 1. The third-order valence-corrected chi connectivity index (χ3v) is 19.6. The minimum absolute atomic E-state index is 0.0100. The molecule has 6 fully saturated rings. The van der Waals surface area contributed by atoms with Crippen molar-refractivity contribution in [2.75, 3.05) is 0 Å². The van der Waals surface area contributed by atoms with E-state index in [4.69, 9.17) is 16.3 Å². The number of fused-ring (bicyclic) bond motifs is 7. The third-order valence-electron chi connectivity index (χ3n) is 19.4. The van der Waals surface area contributed by atoms with Crippen LogP contribution in [0.1, 0.15) is 164 Å². The number of ketones is 1. The SMILES string of the molecule is CC(C)C1=C2[C@H]3CC[C@@H]4[C@@]5(C)CC[C@H](OC(=O)[C@H]6C[C@@H](C(=O)O)C6(C)C)C(C)(C)[C@@H]5CC[C@@]4(C)[C@]3(C)CC[C@@]2(CC(=O)NC2(c3ccc(Cl)cc3)CCCC2)CC1=O. The van der Waals surface area contributed by atoms with Crippen molar-refractivity contribution in [1.29, 1.82) is 0 Å². The first-order valence-electron chi connectivity index (χ1n) is 22.8. The van der Waals surface area contributed by atoms with Gasteiger partial charge in [-0.3, -0.25) is 19.2 Å². The Morgan fingerprint density at radius 1 is 0.810 bits per heavy atom. The van der Waals surface area contributed by atoms with Crippen molar-refractivity contribution in [2.24, 2.45) is 68.0 Å². The number of nitrogens with one attached hydrogen (secondary N) is 1. The molecule has 7 aliphatic carbocycles. The van der Waals surface area contributed by atoms with Crippen molar-refractivity contribution in [2.45, 2.75) is 170 Å². The van der Waals surface area contributed by atoms with Crippen LogP contribution in [-0.4, -0.2) is 34.8 Å². The van der Waals surface area contributed by atoms with Crippen LogP contribution in [0.3, 0.4) is 0 Å². The molecular formula is C50H70ClNO6. The second-order valence-corrected chi connectivity index (χ2v) is 23.2. The summed E-state index contributed by atoms with van der Waals surface area (Å²) in [5, 5.41) is 14.0. The van der Waals surface area contributed by atoms with E-state index in [0.717, 1.165) is 88.2 Å². The summed E-state index contributed by atoms with van der Waals surface area (Å²) in [6.45, 7) is 20.5. The molecule has 1 amide bonds. The number of aliphatic carboxylic acids is 1. The quantitative estimate of drug-likeness (QED) is 0.253. The Balaban J connectivity index is 1.05. The molecule has 0 aliphatic heterocycles. The zero-order valence-electron chi connectivity index (χ0n) is 36.8. The van der Waals surface area contributed by atoms with Gasteiger partial charge in [0.2, 0.25) is 5.91 Å². The summed E-state index contributed by atoms with van der Waals surface area (Å²) >= 11 is 6.29. The van der Waals surface area contributed by atoms with Crippen molar-refractivity contribution in [3.8, 4) is 0 Å². The van der Waals surface area contributed by atoms with E-state index in [2.05, 4.69) is 65.9 Å². The number of Topliss-reactive ketones (excluding diaryl/α,β-unsaturated/α-hetero) is 1. The van der Waals surface area contributed by atoms with E-state index >= 15 is 0 Å². The van der Waals surface area contributed by atoms with Crippen LogP contribution < -0.4 is 5.32 Å². The lowest BCUT2D eigenvalue weighted by atomic mass is 9.33. The number of benzene rings is 1. The van der Waals surface area contributed by atoms with E-state index in [1.165, 1.54) is 5.57 Å². The smallest absolute Gasteiger partial charge is 0.309 e. The summed E-state index contributed by atoms with van der Waals surface area (Å²) in [6.07, 6.45) is 13.0. The Hall–Kier alpha value is -2.67. The van der Waals surface area contributed by atoms with Gasteiger partial charge in [-0.05, 0) is 139 Å². The molecule has 6 saturated carbocycles. The molecule has 7 aliphatic rings. The topological polar surface area (TPSA) is 110 Å². The monoisotopic (exact) mass is 815 g/mol. The van der Waals surface area contributed by atoms with Gasteiger partial charge in [0.1, 0.15) is 6.10 Å². The van der Waals surface area contributed by atoms with E-state index in [1.807, 2.05) is 26.0 Å². The minimum atomic E-state index is -0.829. The molecule has 10 atom stereocenters. The fourth-order valence-electron chi connectivity index (χ4n) is 16.0. The maximum atomic E-state index is 14.5. The standard InChI is InChI=1S/C50H70ClNO6/c1-29(2)40-35(53)27-49(28-39(54)52-50(20-10-11-21-50)30-12-14-31(51)15-13-30)25-24-47(8)32(41(40)49)16-17-37-46(7)22-19-38(45(5,6)36(46)18-23-48(37,47)9)58-43(57)34-26-33(42(55)56)44(34,3)4/h12-15,29,32-34,36-38H,10-11,16-28H2,1-9H3,(H,52,54)(H,55,56)/t32-,33+,34-,36+,37-,38+,46+,47-,48-,49+/m1/s1. The fourth-order valence-corrected chi connectivity index (χ4v) is 16.1. The predicted molar refractivity (Wildman–Crippen MR) is 227 cm³/mol. The Kier molecular flexibility index (Phi) is 10.1. The van der Waals surface area contributed by atoms with Crippen molar-refractivity contribution in [3.63, 3.8) is 0 Å². The number of carbonyl (C=O) groups excluding carboxylic acids is 3. The van der Waals surface area contributed by atoms with Crippen LogP contribution in [0.2, 0.25) is 5.02 Å². The number of rotatable bonds is 8. The molecule has 0 unspecified atom stereocenters. The molecule has 318 valence electrons. The summed E-state index contributed by atoms with van der Waals surface area (Å²) in [7, 11) is 0. The van der Waals surface area contributed by atoms with Crippen LogP contribution in [0, 0.1) is 68.0 Å². The maximum absolute atomic E-state index is 14.5. The first kappa shape index (κ1) is 42.0. The van der Waals surface area contributed by atoms with Crippen LogP contribution >= 0.6 is 11.6 Å². The third kappa shape index (κ3) is 5.98. The van der Waals surface area contributed by atoms with E-state index in [1.54, 1.807) is 0 Å². The molecule has 0 saturated heterocycles. The van der Waals surface area contributed by atoms with Crippen LogP contribution in [0.15, 0.2) is 35.4 Å². The van der Waals surface area contributed by atoms with Gasteiger partial charge in [-0.1, -0.05) is 104 Å². The number of carboxylic acid groups (broad SMARTS) is 1. The van der Waals surface area contributed by atoms with E-state index in [0.29, 0.717) is 36.1 Å². The molecule has 8 heteroatoms. The van der Waals surface area contributed by atoms with E-state index in [9.17, 15) is 24.3 Å². The van der Waals surface area contributed by atoms with Gasteiger partial charge in [0.25, 0.3) is 0 Å². The molecule has 58 heavy (non-hydrogen) atoms.